The monoisotopic (exact) mass is 427 g/mol. The quantitative estimate of drug-likeness (QED) is 0.612. The molecule has 1 unspecified atom stereocenters. The van der Waals surface area contributed by atoms with Crippen molar-refractivity contribution in [3.63, 3.8) is 0 Å². The number of carbonyl (C=O) groups excluding carboxylic acids is 1. The van der Waals surface area contributed by atoms with Gasteiger partial charge in [-0.15, -0.1) is 5.10 Å². The molecule has 1 aliphatic heterocycles. The molecular formula is C26H29N5O. The number of nitrogens with one attached hydrogen (secondary N) is 1. The van der Waals surface area contributed by atoms with Crippen LogP contribution in [0.4, 0.5) is 11.6 Å². The average Bonchev–Trinajstić information content (AvgIpc) is 3.23. The van der Waals surface area contributed by atoms with Crippen LogP contribution in [-0.2, 0) is 4.79 Å². The highest BCUT2D eigenvalue weighted by Gasteiger charge is 2.36. The van der Waals surface area contributed by atoms with Crippen LogP contribution in [0.3, 0.4) is 0 Å². The van der Waals surface area contributed by atoms with Gasteiger partial charge in [0.2, 0.25) is 5.95 Å². The molecule has 0 fully saturated rings. The van der Waals surface area contributed by atoms with E-state index in [4.69, 9.17) is 10.1 Å². The second kappa shape index (κ2) is 8.26. The van der Waals surface area contributed by atoms with Gasteiger partial charge in [0.1, 0.15) is 6.04 Å². The molecular weight excluding hydrogens is 398 g/mol. The van der Waals surface area contributed by atoms with Gasteiger partial charge >= 0.3 is 0 Å². The number of ketones is 1. The molecule has 1 atom stereocenters. The Morgan fingerprint density at radius 2 is 1.88 bits per heavy atom. The Balaban J connectivity index is 1.58. The maximum Gasteiger partial charge on any atom is 0.226 e. The van der Waals surface area contributed by atoms with Gasteiger partial charge in [0.05, 0.1) is 0 Å². The Kier molecular flexibility index (Phi) is 5.29. The van der Waals surface area contributed by atoms with Crippen LogP contribution in [0.15, 0.2) is 59.8 Å². The molecule has 32 heavy (non-hydrogen) atoms. The number of fused-ring (bicyclic) bond motifs is 1. The smallest absolute Gasteiger partial charge is 0.226 e. The van der Waals surface area contributed by atoms with E-state index in [2.05, 4.69) is 73.5 Å². The number of allylic oxidation sites excluding steroid dienone is 2. The zero-order chi connectivity index (χ0) is 22.2. The first kappa shape index (κ1) is 20.5. The van der Waals surface area contributed by atoms with Crippen molar-refractivity contribution in [3.8, 4) is 11.4 Å². The minimum Gasteiger partial charge on any atom is -0.372 e. The molecule has 0 radical (unpaired) electrons. The molecule has 1 aliphatic carbocycles. The first-order chi connectivity index (χ1) is 15.6. The normalized spacial score (nSPS) is 17.6. The number of hydrogen-bond donors (Lipinski definition) is 1. The van der Waals surface area contributed by atoms with Gasteiger partial charge in [0.15, 0.2) is 11.6 Å². The van der Waals surface area contributed by atoms with Gasteiger partial charge in [-0.2, -0.15) is 4.98 Å². The summed E-state index contributed by atoms with van der Waals surface area (Å²) in [5, 5.41) is 8.31. The van der Waals surface area contributed by atoms with E-state index >= 15 is 0 Å². The molecule has 6 heteroatoms. The maximum absolute atomic E-state index is 13.0. The number of anilines is 2. The van der Waals surface area contributed by atoms with Crippen molar-refractivity contribution in [2.24, 2.45) is 0 Å². The second-order valence-electron chi connectivity index (χ2n) is 8.53. The third kappa shape index (κ3) is 3.49. The number of benzene rings is 2. The average molecular weight is 428 g/mol. The largest absolute Gasteiger partial charge is 0.372 e. The fourth-order valence-electron chi connectivity index (χ4n) is 4.84. The highest BCUT2D eigenvalue weighted by Crippen LogP contribution is 2.40. The van der Waals surface area contributed by atoms with Crippen molar-refractivity contribution >= 4 is 17.4 Å². The van der Waals surface area contributed by atoms with Crippen LogP contribution in [0.5, 0.6) is 0 Å². The second-order valence-corrected chi connectivity index (χ2v) is 8.53. The number of rotatable bonds is 5. The zero-order valence-corrected chi connectivity index (χ0v) is 18.9. The third-order valence-electron chi connectivity index (χ3n) is 6.48. The molecule has 0 spiro atoms. The van der Waals surface area contributed by atoms with E-state index in [1.54, 1.807) is 0 Å². The van der Waals surface area contributed by atoms with Crippen LogP contribution < -0.4 is 10.2 Å². The standard InChI is InChI=1S/C26H29N5O/c1-4-30(5-2)20-14-12-18(13-15-20)25-28-26-27-21-10-7-11-22(32)23(21)24(31(26)29-25)19-9-6-8-17(3)16-19/h6,8-9,12-16,24H,4-5,7,10-11H2,1-3H3,(H,27,28,29). The Morgan fingerprint density at radius 1 is 1.09 bits per heavy atom. The number of nitrogens with zero attached hydrogens (tertiary/aromatic N) is 4. The lowest BCUT2D eigenvalue weighted by Gasteiger charge is -2.32. The van der Waals surface area contributed by atoms with E-state index < -0.39 is 0 Å². The number of aromatic nitrogens is 3. The minimum atomic E-state index is -0.245. The summed E-state index contributed by atoms with van der Waals surface area (Å²) < 4.78 is 1.89. The van der Waals surface area contributed by atoms with Gasteiger partial charge in [0.25, 0.3) is 0 Å². The van der Waals surface area contributed by atoms with E-state index in [9.17, 15) is 4.79 Å². The third-order valence-corrected chi connectivity index (χ3v) is 6.48. The van der Waals surface area contributed by atoms with Crippen molar-refractivity contribution in [1.82, 2.24) is 14.8 Å². The van der Waals surface area contributed by atoms with Crippen LogP contribution in [0.1, 0.15) is 50.3 Å². The Morgan fingerprint density at radius 3 is 2.59 bits per heavy atom. The van der Waals surface area contributed by atoms with Gasteiger partial charge in [0, 0.05) is 42.0 Å². The number of aryl methyl sites for hydroxylation is 1. The summed E-state index contributed by atoms with van der Waals surface area (Å²) in [6.45, 7) is 8.35. The lowest BCUT2D eigenvalue weighted by molar-refractivity contribution is -0.116. The number of hydrogen-bond acceptors (Lipinski definition) is 5. The lowest BCUT2D eigenvalue weighted by atomic mass is 9.85. The van der Waals surface area contributed by atoms with Crippen LogP contribution in [-0.4, -0.2) is 33.6 Å². The summed E-state index contributed by atoms with van der Waals surface area (Å²) in [7, 11) is 0. The Hall–Kier alpha value is -3.41. The summed E-state index contributed by atoms with van der Waals surface area (Å²) in [4.78, 5) is 20.1. The van der Waals surface area contributed by atoms with Crippen LogP contribution in [0, 0.1) is 6.92 Å². The van der Waals surface area contributed by atoms with E-state index in [0.29, 0.717) is 18.2 Å². The predicted molar refractivity (Wildman–Crippen MR) is 128 cm³/mol. The predicted octanol–water partition coefficient (Wildman–Crippen LogP) is 5.12. The number of carbonyl (C=O) groups is 1. The molecule has 2 heterocycles. The van der Waals surface area contributed by atoms with E-state index in [1.165, 1.54) is 11.3 Å². The van der Waals surface area contributed by atoms with Gasteiger partial charge in [-0.25, -0.2) is 4.68 Å². The summed E-state index contributed by atoms with van der Waals surface area (Å²) in [5.74, 6) is 1.58. The molecule has 2 aromatic carbocycles. The molecule has 0 amide bonds. The molecule has 0 saturated carbocycles. The fourth-order valence-corrected chi connectivity index (χ4v) is 4.84. The highest BCUT2D eigenvalue weighted by atomic mass is 16.1. The topological polar surface area (TPSA) is 63.1 Å². The minimum absolute atomic E-state index is 0.205. The maximum atomic E-state index is 13.0. The summed E-state index contributed by atoms with van der Waals surface area (Å²) in [6, 6.07) is 16.5. The molecule has 0 bridgehead atoms. The van der Waals surface area contributed by atoms with Crippen LogP contribution in [0.2, 0.25) is 0 Å². The molecule has 2 aliphatic rings. The molecule has 1 N–H and O–H groups in total. The van der Waals surface area contributed by atoms with Crippen molar-refractivity contribution in [2.45, 2.75) is 46.1 Å². The van der Waals surface area contributed by atoms with Gasteiger partial charge < -0.3 is 10.2 Å². The van der Waals surface area contributed by atoms with Crippen LogP contribution in [0.25, 0.3) is 11.4 Å². The summed E-state index contributed by atoms with van der Waals surface area (Å²) in [5.41, 5.74) is 6.24. The van der Waals surface area contributed by atoms with E-state index in [0.717, 1.165) is 48.3 Å². The number of Topliss-reactive ketones (excluding diaryl/α,β-unsaturated/α-hetero) is 1. The highest BCUT2D eigenvalue weighted by molar-refractivity contribution is 5.99. The fraction of sp³-hybridized carbons (Fsp3) is 0.346. The van der Waals surface area contributed by atoms with Gasteiger partial charge in [-0.1, -0.05) is 29.8 Å². The van der Waals surface area contributed by atoms with Gasteiger partial charge in [-0.3, -0.25) is 4.79 Å². The van der Waals surface area contributed by atoms with E-state index in [-0.39, 0.29) is 11.8 Å². The molecule has 0 saturated heterocycles. The molecule has 5 rings (SSSR count). The molecule has 3 aromatic rings. The first-order valence-electron chi connectivity index (χ1n) is 11.5. The van der Waals surface area contributed by atoms with E-state index in [1.807, 2.05) is 10.7 Å². The van der Waals surface area contributed by atoms with Gasteiger partial charge in [-0.05, 0) is 63.4 Å². The Labute approximate surface area is 189 Å². The first-order valence-corrected chi connectivity index (χ1v) is 11.5. The molecule has 6 nitrogen and oxygen atoms in total. The zero-order valence-electron chi connectivity index (χ0n) is 18.9. The molecule has 164 valence electrons. The van der Waals surface area contributed by atoms with Crippen molar-refractivity contribution in [2.75, 3.05) is 23.3 Å². The van der Waals surface area contributed by atoms with Crippen LogP contribution >= 0.6 is 0 Å². The Bertz CT molecular complexity index is 1190. The lowest BCUT2D eigenvalue weighted by Crippen LogP contribution is -2.31. The van der Waals surface area contributed by atoms with Crippen molar-refractivity contribution < 1.29 is 4.79 Å². The summed E-state index contributed by atoms with van der Waals surface area (Å²) >= 11 is 0. The van der Waals surface area contributed by atoms with Crippen molar-refractivity contribution in [1.29, 1.82) is 0 Å². The SMILES string of the molecule is CCN(CC)c1ccc(-c2nc3n(n2)C(c2cccc(C)c2)C2=C(CCCC2=O)N3)cc1. The summed E-state index contributed by atoms with van der Waals surface area (Å²) in [6.07, 6.45) is 2.33. The van der Waals surface area contributed by atoms with Crippen molar-refractivity contribution in [3.05, 3.63) is 70.9 Å². The molecule has 1 aromatic heterocycles.